The minimum absolute atomic E-state index is 0.0682. The number of fused-ring (bicyclic) bond motifs is 2. The Labute approximate surface area is 269 Å². The van der Waals surface area contributed by atoms with Gasteiger partial charge in [-0.25, -0.2) is 9.97 Å². The molecule has 2 aliphatic rings. The number of carbonyl (C=O) groups is 1. The van der Waals surface area contributed by atoms with Gasteiger partial charge in [0.15, 0.2) is 0 Å². The summed E-state index contributed by atoms with van der Waals surface area (Å²) in [6, 6.07) is 19.4. The summed E-state index contributed by atoms with van der Waals surface area (Å²) >= 11 is 14.1. The molecule has 1 amide bonds. The molecule has 7 rings (SSSR count). The van der Waals surface area contributed by atoms with Crippen molar-refractivity contribution < 1.29 is 9.53 Å². The number of hydrogen-bond donors (Lipinski definition) is 3. The minimum Gasteiger partial charge on any atom is -0.476 e. The Morgan fingerprint density at radius 3 is 2.56 bits per heavy atom. The molecule has 228 valence electrons. The quantitative estimate of drug-likeness (QED) is 0.223. The van der Waals surface area contributed by atoms with E-state index in [1.165, 1.54) is 4.40 Å². The fourth-order valence-corrected chi connectivity index (χ4v) is 6.50. The smallest absolute Gasteiger partial charge is 0.262 e. The Balaban J connectivity index is 1.17. The summed E-state index contributed by atoms with van der Waals surface area (Å²) in [5.74, 6) is 0.684. The van der Waals surface area contributed by atoms with Crippen LogP contribution in [0.1, 0.15) is 24.0 Å². The third-order valence-electron chi connectivity index (χ3n) is 8.22. The predicted molar refractivity (Wildman–Crippen MR) is 176 cm³/mol. The fourth-order valence-electron chi connectivity index (χ4n) is 5.84. The highest BCUT2D eigenvalue weighted by atomic mass is 35.5. The summed E-state index contributed by atoms with van der Waals surface area (Å²) in [4.78, 5) is 34.0. The fraction of sp³-hybridized carbons (Fsp3) is 0.235. The van der Waals surface area contributed by atoms with Crippen molar-refractivity contribution in [2.24, 2.45) is 0 Å². The zero-order valence-electron chi connectivity index (χ0n) is 24.3. The molecule has 3 aromatic heterocycles. The van der Waals surface area contributed by atoms with Crippen LogP contribution < -0.4 is 26.2 Å². The molecule has 0 aliphatic carbocycles. The van der Waals surface area contributed by atoms with Gasteiger partial charge in [-0.15, -0.1) is 0 Å². The molecule has 0 radical (unpaired) electrons. The van der Waals surface area contributed by atoms with E-state index in [-0.39, 0.29) is 17.5 Å². The van der Waals surface area contributed by atoms with Gasteiger partial charge in [-0.3, -0.25) is 14.0 Å². The minimum atomic E-state index is -0.147. The van der Waals surface area contributed by atoms with E-state index in [1.54, 1.807) is 12.4 Å². The molecule has 2 aliphatic heterocycles. The Kier molecular flexibility index (Phi) is 8.25. The first-order valence-electron chi connectivity index (χ1n) is 14.9. The lowest BCUT2D eigenvalue weighted by Crippen LogP contribution is -2.36. The van der Waals surface area contributed by atoms with Gasteiger partial charge in [-0.2, -0.15) is 0 Å². The molecule has 5 aromatic rings. The van der Waals surface area contributed by atoms with E-state index in [0.717, 1.165) is 52.0 Å². The summed E-state index contributed by atoms with van der Waals surface area (Å²) in [6.07, 6.45) is 4.66. The molecule has 0 spiro atoms. The van der Waals surface area contributed by atoms with Gasteiger partial charge in [0.1, 0.15) is 12.3 Å². The van der Waals surface area contributed by atoms with Crippen molar-refractivity contribution in [3.63, 3.8) is 0 Å². The molecule has 11 heteroatoms. The summed E-state index contributed by atoms with van der Waals surface area (Å²) in [6.45, 7) is 2.99. The summed E-state index contributed by atoms with van der Waals surface area (Å²) in [7, 11) is 0. The molecule has 9 nitrogen and oxygen atoms in total. The topological polar surface area (TPSA) is 110 Å². The number of rotatable bonds is 7. The lowest BCUT2D eigenvalue weighted by atomic mass is 9.97. The van der Waals surface area contributed by atoms with Crippen LogP contribution in [0.3, 0.4) is 0 Å². The van der Waals surface area contributed by atoms with Gasteiger partial charge in [0.25, 0.3) is 5.56 Å². The standard InChI is InChI=1S/C34H30Cl2N6O3/c35-31-24(20-11-13-42-29(15-20)39-18-22(34(42)44)17-38-19-23-8-10-30(43)40-23)3-1-4-25(31)26-5-2-6-27(32(26)36)28-9-7-21-16-37-12-14-45-33(21)41-28/h1-7,9,11,13,15,18,23,37-38H,8,10,12,14,16-17,19H2,(H,40,43)/t23-/m1/s1. The molecule has 0 unspecified atom stereocenters. The zero-order valence-corrected chi connectivity index (χ0v) is 25.8. The first kappa shape index (κ1) is 29.4. The zero-order chi connectivity index (χ0) is 30.9. The maximum Gasteiger partial charge on any atom is 0.262 e. The molecule has 0 bridgehead atoms. The number of nitrogens with zero attached hydrogens (tertiary/aromatic N) is 3. The van der Waals surface area contributed by atoms with Crippen molar-refractivity contribution in [2.45, 2.75) is 32.0 Å². The third kappa shape index (κ3) is 5.92. The van der Waals surface area contributed by atoms with Gasteiger partial charge in [-0.05, 0) is 30.2 Å². The Bertz CT molecular complexity index is 2000. The molecule has 5 heterocycles. The van der Waals surface area contributed by atoms with Gasteiger partial charge < -0.3 is 20.7 Å². The Hall–Kier alpha value is -4.28. The largest absolute Gasteiger partial charge is 0.476 e. The molecule has 3 N–H and O–H groups in total. The number of benzene rings is 2. The number of hydrogen-bond acceptors (Lipinski definition) is 7. The van der Waals surface area contributed by atoms with E-state index in [0.29, 0.717) is 59.8 Å². The van der Waals surface area contributed by atoms with Crippen molar-refractivity contribution in [2.75, 3.05) is 19.7 Å². The van der Waals surface area contributed by atoms with Crippen molar-refractivity contribution in [3.8, 4) is 39.4 Å². The first-order valence-corrected chi connectivity index (χ1v) is 15.6. The second kappa shape index (κ2) is 12.6. The van der Waals surface area contributed by atoms with Crippen LogP contribution in [0.25, 0.3) is 39.2 Å². The average molecular weight is 642 g/mol. The van der Waals surface area contributed by atoms with Crippen LogP contribution >= 0.6 is 23.2 Å². The van der Waals surface area contributed by atoms with Crippen LogP contribution in [0.15, 0.2) is 77.9 Å². The number of aromatic nitrogens is 3. The van der Waals surface area contributed by atoms with Gasteiger partial charge in [0, 0.05) is 84.4 Å². The molecular weight excluding hydrogens is 611 g/mol. The molecule has 0 saturated carbocycles. The summed E-state index contributed by atoms with van der Waals surface area (Å²) < 4.78 is 7.38. The van der Waals surface area contributed by atoms with Gasteiger partial charge in [0.2, 0.25) is 11.8 Å². The van der Waals surface area contributed by atoms with Crippen molar-refractivity contribution >= 4 is 34.8 Å². The molecular formula is C34H30Cl2N6O3. The van der Waals surface area contributed by atoms with Gasteiger partial charge in [-0.1, -0.05) is 65.7 Å². The number of amides is 1. The van der Waals surface area contributed by atoms with Crippen LogP contribution in [-0.4, -0.2) is 46.0 Å². The van der Waals surface area contributed by atoms with E-state index in [2.05, 4.69) is 20.9 Å². The summed E-state index contributed by atoms with van der Waals surface area (Å²) in [5.41, 5.74) is 6.60. The summed E-state index contributed by atoms with van der Waals surface area (Å²) in [5, 5.41) is 10.6. The van der Waals surface area contributed by atoms with E-state index in [9.17, 15) is 9.59 Å². The van der Waals surface area contributed by atoms with Crippen molar-refractivity contribution in [1.29, 1.82) is 0 Å². The van der Waals surface area contributed by atoms with E-state index < -0.39 is 0 Å². The lowest BCUT2D eigenvalue weighted by Gasteiger charge is -2.15. The van der Waals surface area contributed by atoms with E-state index in [4.69, 9.17) is 32.9 Å². The van der Waals surface area contributed by atoms with Crippen LogP contribution in [0.5, 0.6) is 5.88 Å². The maximum absolute atomic E-state index is 13.2. The Morgan fingerprint density at radius 2 is 1.76 bits per heavy atom. The highest BCUT2D eigenvalue weighted by Gasteiger charge is 2.21. The number of nitrogens with one attached hydrogen (secondary N) is 3. The molecule has 1 saturated heterocycles. The highest BCUT2D eigenvalue weighted by molar-refractivity contribution is 6.39. The first-order chi connectivity index (χ1) is 22.0. The van der Waals surface area contributed by atoms with Crippen molar-refractivity contribution in [1.82, 2.24) is 30.3 Å². The second-order valence-electron chi connectivity index (χ2n) is 11.2. The van der Waals surface area contributed by atoms with Crippen LogP contribution in [0.2, 0.25) is 10.0 Å². The Morgan fingerprint density at radius 1 is 0.978 bits per heavy atom. The van der Waals surface area contributed by atoms with Crippen LogP contribution in [0.4, 0.5) is 0 Å². The number of ether oxygens (including phenoxy) is 1. The molecule has 2 aromatic carbocycles. The van der Waals surface area contributed by atoms with Crippen LogP contribution in [0, 0.1) is 0 Å². The lowest BCUT2D eigenvalue weighted by molar-refractivity contribution is -0.119. The number of halogens is 2. The predicted octanol–water partition coefficient (Wildman–Crippen LogP) is 5.25. The average Bonchev–Trinajstić information content (AvgIpc) is 3.32. The molecule has 1 atom stereocenters. The monoisotopic (exact) mass is 640 g/mol. The van der Waals surface area contributed by atoms with Gasteiger partial charge in [0.05, 0.1) is 15.7 Å². The normalized spacial score (nSPS) is 16.2. The van der Waals surface area contributed by atoms with Gasteiger partial charge >= 0.3 is 0 Å². The molecule has 1 fully saturated rings. The second-order valence-corrected chi connectivity index (χ2v) is 11.9. The molecule has 45 heavy (non-hydrogen) atoms. The van der Waals surface area contributed by atoms with Crippen LogP contribution in [-0.2, 0) is 17.9 Å². The third-order valence-corrected chi connectivity index (χ3v) is 9.03. The van der Waals surface area contributed by atoms with E-state index in [1.807, 2.05) is 60.7 Å². The highest BCUT2D eigenvalue weighted by Crippen LogP contribution is 2.42. The maximum atomic E-state index is 13.2. The number of pyridine rings is 2. The van der Waals surface area contributed by atoms with E-state index >= 15 is 0 Å². The number of carbonyl (C=O) groups excluding carboxylic acids is 1. The SMILES string of the molecule is O=C1CC[C@H](CNCc2cnc3cc(-c4cccc(-c5cccc(-c6ccc7c(n6)OCCNC7)c5Cl)c4Cl)ccn3c2=O)N1. The van der Waals surface area contributed by atoms with Crippen molar-refractivity contribution in [3.05, 3.63) is 105 Å².